The molecule has 0 aromatic heterocycles. The highest BCUT2D eigenvalue weighted by molar-refractivity contribution is 5.94. The van der Waals surface area contributed by atoms with E-state index in [1.54, 1.807) is 30.0 Å². The van der Waals surface area contributed by atoms with E-state index in [1.807, 2.05) is 6.92 Å². The molecule has 1 aromatic rings. The molecule has 0 bridgehead atoms. The van der Waals surface area contributed by atoms with Gasteiger partial charge in [-0.05, 0) is 25.0 Å². The standard InChI is InChI=1S/C14H18FNO2/c1-3-11-9-16(7-8-18-11)14(17)12-6-4-5-10(2)13(12)15/h4-6,11H,3,7-9H2,1-2H3. The summed E-state index contributed by atoms with van der Waals surface area (Å²) in [5.74, 6) is -0.653. The highest BCUT2D eigenvalue weighted by atomic mass is 19.1. The van der Waals surface area contributed by atoms with Crippen LogP contribution in [0.4, 0.5) is 4.39 Å². The van der Waals surface area contributed by atoms with E-state index in [2.05, 4.69) is 0 Å². The number of halogens is 1. The Labute approximate surface area is 107 Å². The number of aryl methyl sites for hydroxylation is 1. The third kappa shape index (κ3) is 2.53. The maximum atomic E-state index is 13.9. The fourth-order valence-electron chi connectivity index (χ4n) is 2.13. The van der Waals surface area contributed by atoms with E-state index in [1.165, 1.54) is 0 Å². The largest absolute Gasteiger partial charge is 0.375 e. The molecule has 0 saturated carbocycles. The molecule has 0 radical (unpaired) electrons. The van der Waals surface area contributed by atoms with Gasteiger partial charge in [-0.2, -0.15) is 0 Å². The Kier molecular flexibility index (Phi) is 3.97. The van der Waals surface area contributed by atoms with Crippen molar-refractivity contribution in [1.82, 2.24) is 4.90 Å². The molecule has 1 aromatic carbocycles. The maximum absolute atomic E-state index is 13.9. The van der Waals surface area contributed by atoms with Crippen LogP contribution in [-0.4, -0.2) is 36.6 Å². The van der Waals surface area contributed by atoms with Gasteiger partial charge in [0.2, 0.25) is 0 Å². The van der Waals surface area contributed by atoms with Crippen LogP contribution in [0, 0.1) is 12.7 Å². The first-order chi connectivity index (χ1) is 8.63. The third-order valence-corrected chi connectivity index (χ3v) is 3.30. The molecule has 18 heavy (non-hydrogen) atoms. The van der Waals surface area contributed by atoms with Crippen LogP contribution >= 0.6 is 0 Å². The highest BCUT2D eigenvalue weighted by Gasteiger charge is 2.25. The Morgan fingerprint density at radius 3 is 3.06 bits per heavy atom. The quantitative estimate of drug-likeness (QED) is 0.807. The second-order valence-corrected chi connectivity index (χ2v) is 4.59. The summed E-state index contributed by atoms with van der Waals surface area (Å²) in [5, 5.41) is 0. The Morgan fingerprint density at radius 2 is 2.33 bits per heavy atom. The lowest BCUT2D eigenvalue weighted by Crippen LogP contribution is -2.45. The molecule has 1 saturated heterocycles. The summed E-state index contributed by atoms with van der Waals surface area (Å²) in [6.07, 6.45) is 0.927. The average molecular weight is 251 g/mol. The molecule has 1 aliphatic rings. The highest BCUT2D eigenvalue weighted by Crippen LogP contribution is 2.17. The summed E-state index contributed by atoms with van der Waals surface area (Å²) in [6.45, 7) is 5.29. The first kappa shape index (κ1) is 13.0. The third-order valence-electron chi connectivity index (χ3n) is 3.30. The Hall–Kier alpha value is -1.42. The first-order valence-corrected chi connectivity index (χ1v) is 6.29. The van der Waals surface area contributed by atoms with Crippen molar-refractivity contribution in [3.8, 4) is 0 Å². The van der Waals surface area contributed by atoms with Crippen molar-refractivity contribution >= 4 is 5.91 Å². The summed E-state index contributed by atoms with van der Waals surface area (Å²) in [5.41, 5.74) is 0.660. The first-order valence-electron chi connectivity index (χ1n) is 6.29. The lowest BCUT2D eigenvalue weighted by Gasteiger charge is -2.32. The van der Waals surface area contributed by atoms with Crippen LogP contribution in [0.2, 0.25) is 0 Å². The van der Waals surface area contributed by atoms with Crippen molar-refractivity contribution in [2.24, 2.45) is 0 Å². The minimum absolute atomic E-state index is 0.0653. The molecule has 0 spiro atoms. The summed E-state index contributed by atoms with van der Waals surface area (Å²) in [6, 6.07) is 4.92. The van der Waals surface area contributed by atoms with Gasteiger partial charge >= 0.3 is 0 Å². The van der Waals surface area contributed by atoms with Gasteiger partial charge in [-0.1, -0.05) is 19.1 Å². The minimum Gasteiger partial charge on any atom is -0.375 e. The number of ether oxygens (including phenoxy) is 1. The van der Waals surface area contributed by atoms with E-state index in [9.17, 15) is 9.18 Å². The Bertz CT molecular complexity index is 447. The summed E-state index contributed by atoms with van der Waals surface area (Å²) >= 11 is 0. The summed E-state index contributed by atoms with van der Waals surface area (Å²) < 4.78 is 19.4. The van der Waals surface area contributed by atoms with Gasteiger partial charge in [-0.3, -0.25) is 4.79 Å². The van der Waals surface area contributed by atoms with Crippen LogP contribution in [0.25, 0.3) is 0 Å². The molecule has 0 N–H and O–H groups in total. The van der Waals surface area contributed by atoms with Crippen molar-refractivity contribution < 1.29 is 13.9 Å². The van der Waals surface area contributed by atoms with Crippen LogP contribution in [0.5, 0.6) is 0 Å². The zero-order valence-electron chi connectivity index (χ0n) is 10.8. The fourth-order valence-corrected chi connectivity index (χ4v) is 2.13. The maximum Gasteiger partial charge on any atom is 0.257 e. The van der Waals surface area contributed by atoms with Crippen molar-refractivity contribution in [3.63, 3.8) is 0 Å². The molecule has 4 heteroatoms. The Balaban J connectivity index is 2.18. The molecule has 1 heterocycles. The normalized spacial score (nSPS) is 19.9. The lowest BCUT2D eigenvalue weighted by molar-refractivity contribution is -0.0227. The van der Waals surface area contributed by atoms with Gasteiger partial charge in [0.1, 0.15) is 5.82 Å². The number of nitrogens with zero attached hydrogens (tertiary/aromatic N) is 1. The van der Waals surface area contributed by atoms with E-state index in [-0.39, 0.29) is 17.6 Å². The predicted octanol–water partition coefficient (Wildman–Crippen LogP) is 2.39. The van der Waals surface area contributed by atoms with E-state index < -0.39 is 5.82 Å². The van der Waals surface area contributed by atoms with Crippen LogP contribution in [0.3, 0.4) is 0 Å². The molecular formula is C14H18FNO2. The smallest absolute Gasteiger partial charge is 0.257 e. The minimum atomic E-state index is -0.415. The van der Waals surface area contributed by atoms with E-state index in [4.69, 9.17) is 4.74 Å². The number of morpholine rings is 1. The van der Waals surface area contributed by atoms with Crippen molar-refractivity contribution in [2.75, 3.05) is 19.7 Å². The molecule has 98 valence electrons. The topological polar surface area (TPSA) is 29.5 Å². The predicted molar refractivity (Wildman–Crippen MR) is 67.1 cm³/mol. The summed E-state index contributed by atoms with van der Waals surface area (Å²) in [4.78, 5) is 13.9. The zero-order chi connectivity index (χ0) is 13.1. The molecule has 3 nitrogen and oxygen atoms in total. The Morgan fingerprint density at radius 1 is 1.56 bits per heavy atom. The van der Waals surface area contributed by atoms with Crippen LogP contribution in [0.1, 0.15) is 29.3 Å². The van der Waals surface area contributed by atoms with Gasteiger partial charge in [0.15, 0.2) is 0 Å². The van der Waals surface area contributed by atoms with Crippen LogP contribution in [-0.2, 0) is 4.74 Å². The fraction of sp³-hybridized carbons (Fsp3) is 0.500. The van der Waals surface area contributed by atoms with E-state index in [0.29, 0.717) is 25.3 Å². The average Bonchev–Trinajstić information content (AvgIpc) is 2.41. The van der Waals surface area contributed by atoms with Gasteiger partial charge in [-0.15, -0.1) is 0 Å². The zero-order valence-corrected chi connectivity index (χ0v) is 10.8. The number of benzene rings is 1. The molecule has 1 atom stereocenters. The van der Waals surface area contributed by atoms with Gasteiger partial charge in [-0.25, -0.2) is 4.39 Å². The van der Waals surface area contributed by atoms with Gasteiger partial charge in [0, 0.05) is 13.1 Å². The number of hydrogen-bond donors (Lipinski definition) is 0. The molecule has 1 amide bonds. The molecule has 1 unspecified atom stereocenters. The SMILES string of the molecule is CCC1CN(C(=O)c2cccc(C)c2F)CCO1. The van der Waals surface area contributed by atoms with Crippen LogP contribution < -0.4 is 0 Å². The number of carbonyl (C=O) groups is 1. The molecule has 2 rings (SSSR count). The van der Waals surface area contributed by atoms with E-state index >= 15 is 0 Å². The van der Waals surface area contributed by atoms with Crippen molar-refractivity contribution in [3.05, 3.63) is 35.1 Å². The molecule has 0 aliphatic carbocycles. The second kappa shape index (κ2) is 5.48. The van der Waals surface area contributed by atoms with Crippen LogP contribution in [0.15, 0.2) is 18.2 Å². The van der Waals surface area contributed by atoms with Gasteiger partial charge in [0.25, 0.3) is 5.91 Å². The molecular weight excluding hydrogens is 233 g/mol. The van der Waals surface area contributed by atoms with Crippen molar-refractivity contribution in [2.45, 2.75) is 26.4 Å². The second-order valence-electron chi connectivity index (χ2n) is 4.59. The van der Waals surface area contributed by atoms with Gasteiger partial charge < -0.3 is 9.64 Å². The lowest BCUT2D eigenvalue weighted by atomic mass is 10.1. The van der Waals surface area contributed by atoms with E-state index in [0.717, 1.165) is 6.42 Å². The molecule has 1 aliphatic heterocycles. The van der Waals surface area contributed by atoms with Crippen molar-refractivity contribution in [1.29, 1.82) is 0 Å². The molecule has 1 fully saturated rings. The van der Waals surface area contributed by atoms with Gasteiger partial charge in [0.05, 0.1) is 18.3 Å². The number of rotatable bonds is 2. The monoisotopic (exact) mass is 251 g/mol. The number of hydrogen-bond acceptors (Lipinski definition) is 2. The number of carbonyl (C=O) groups excluding carboxylic acids is 1. The summed E-state index contributed by atoms with van der Waals surface area (Å²) in [7, 11) is 0. The number of amides is 1.